The number of aromatic amines is 1. The van der Waals surface area contributed by atoms with Crippen LogP contribution in [0.5, 0.6) is 0 Å². The van der Waals surface area contributed by atoms with Gasteiger partial charge in [0.15, 0.2) is 16.9 Å². The topological polar surface area (TPSA) is 119 Å². The molecule has 0 fully saturated rings. The van der Waals surface area contributed by atoms with Crippen molar-refractivity contribution in [3.63, 3.8) is 0 Å². The Morgan fingerprint density at radius 2 is 2.03 bits per heavy atom. The minimum atomic E-state index is -4.60. The number of carbonyl (C=O) groups excluding carboxylic acids is 1. The molecule has 0 aliphatic heterocycles. The first-order chi connectivity index (χ1) is 14.0. The molecule has 12 heteroatoms. The van der Waals surface area contributed by atoms with Gasteiger partial charge in [-0.15, -0.1) is 0 Å². The number of hydrogen-bond donors (Lipinski definition) is 2. The zero-order valence-corrected chi connectivity index (χ0v) is 16.7. The highest BCUT2D eigenvalue weighted by Gasteiger charge is 2.49. The minimum absolute atomic E-state index is 0.133. The number of fused-ring (bicyclic) bond motifs is 1. The molecule has 3 rings (SSSR count). The van der Waals surface area contributed by atoms with Crippen LogP contribution in [0.1, 0.15) is 61.5 Å². The average Bonchev–Trinajstić information content (AvgIpc) is 3.32. The number of ether oxygens (including phenoxy) is 1. The molecule has 0 aliphatic carbocycles. The average molecular weight is 426 g/mol. The van der Waals surface area contributed by atoms with E-state index in [1.54, 1.807) is 6.20 Å². The highest BCUT2D eigenvalue weighted by molar-refractivity contribution is 5.92. The summed E-state index contributed by atoms with van der Waals surface area (Å²) in [5, 5.41) is 9.31. The number of alkyl halides is 3. The fourth-order valence-corrected chi connectivity index (χ4v) is 2.47. The van der Waals surface area contributed by atoms with Crippen LogP contribution < -0.4 is 5.32 Å². The number of nitrogens with one attached hydrogen (secondary N) is 2. The molecule has 1 unspecified atom stereocenters. The van der Waals surface area contributed by atoms with Crippen molar-refractivity contribution in [2.45, 2.75) is 51.4 Å². The maximum atomic E-state index is 13.2. The Hall–Kier alpha value is -3.02. The van der Waals surface area contributed by atoms with Crippen LogP contribution in [0.25, 0.3) is 11.2 Å². The quantitative estimate of drug-likeness (QED) is 0.595. The van der Waals surface area contributed by atoms with Gasteiger partial charge in [-0.2, -0.15) is 13.2 Å². The number of carbonyl (C=O) groups is 1. The second-order valence-electron chi connectivity index (χ2n) is 7.55. The summed E-state index contributed by atoms with van der Waals surface area (Å²) in [7, 11) is 0. The van der Waals surface area contributed by atoms with Crippen molar-refractivity contribution in [3.05, 3.63) is 35.5 Å². The van der Waals surface area contributed by atoms with E-state index in [1.807, 2.05) is 19.9 Å². The monoisotopic (exact) mass is 426 g/mol. The van der Waals surface area contributed by atoms with E-state index in [4.69, 9.17) is 4.74 Å². The molecule has 9 nitrogen and oxygen atoms in total. The van der Waals surface area contributed by atoms with Gasteiger partial charge in [0.05, 0.1) is 12.1 Å². The van der Waals surface area contributed by atoms with Crippen molar-refractivity contribution in [1.29, 1.82) is 0 Å². The molecule has 3 aromatic rings. The lowest BCUT2D eigenvalue weighted by atomic mass is 10.1. The number of imidazole rings is 1. The summed E-state index contributed by atoms with van der Waals surface area (Å²) in [4.78, 5) is 23.9. The van der Waals surface area contributed by atoms with E-state index >= 15 is 0 Å². The van der Waals surface area contributed by atoms with Gasteiger partial charge < -0.3 is 15.0 Å². The van der Waals surface area contributed by atoms with Crippen LogP contribution in [0.2, 0.25) is 0 Å². The molecule has 0 aliphatic rings. The first-order valence-electron chi connectivity index (χ1n) is 9.12. The van der Waals surface area contributed by atoms with Gasteiger partial charge >= 0.3 is 6.18 Å². The molecule has 0 bridgehead atoms. The van der Waals surface area contributed by atoms with Crippen LogP contribution in [0.3, 0.4) is 0 Å². The van der Waals surface area contributed by atoms with Crippen molar-refractivity contribution in [2.75, 3.05) is 6.61 Å². The van der Waals surface area contributed by atoms with Crippen molar-refractivity contribution in [1.82, 2.24) is 30.6 Å². The van der Waals surface area contributed by atoms with Gasteiger partial charge in [-0.05, 0) is 36.6 Å². The largest absolute Gasteiger partial charge is 0.416 e. The van der Waals surface area contributed by atoms with Crippen LogP contribution in [0.4, 0.5) is 13.2 Å². The lowest BCUT2D eigenvalue weighted by molar-refractivity contribution is -0.265. The number of H-pyrrole nitrogens is 1. The first kappa shape index (κ1) is 21.7. The molecule has 0 aromatic carbocycles. The number of rotatable bonds is 7. The predicted molar refractivity (Wildman–Crippen MR) is 98.6 cm³/mol. The van der Waals surface area contributed by atoms with E-state index < -0.39 is 30.3 Å². The molecule has 162 valence electrons. The van der Waals surface area contributed by atoms with Crippen LogP contribution in [-0.2, 0) is 4.74 Å². The summed E-state index contributed by atoms with van der Waals surface area (Å²) in [6, 6.07) is 0.817. The summed E-state index contributed by atoms with van der Waals surface area (Å²) in [6.07, 6.45) is -1.84. The van der Waals surface area contributed by atoms with E-state index in [-0.39, 0.29) is 17.4 Å². The number of amides is 1. The molecule has 1 atom stereocenters. The van der Waals surface area contributed by atoms with Gasteiger partial charge in [0, 0.05) is 6.20 Å². The van der Waals surface area contributed by atoms with E-state index in [2.05, 4.69) is 35.2 Å². The summed E-state index contributed by atoms with van der Waals surface area (Å²) in [6.45, 7) is 5.32. The normalized spacial score (nSPS) is 13.7. The fraction of sp³-hybridized carbons (Fsp3) is 0.500. The molecular weight excluding hydrogens is 405 g/mol. The smallest absolute Gasteiger partial charge is 0.364 e. The van der Waals surface area contributed by atoms with Crippen molar-refractivity contribution < 1.29 is 27.3 Å². The van der Waals surface area contributed by atoms with Crippen LogP contribution >= 0.6 is 0 Å². The Morgan fingerprint density at radius 1 is 1.30 bits per heavy atom. The summed E-state index contributed by atoms with van der Waals surface area (Å²) >= 11 is 0. The van der Waals surface area contributed by atoms with Gasteiger partial charge in [-0.25, -0.2) is 14.6 Å². The molecule has 0 saturated carbocycles. The molecule has 3 aromatic heterocycles. The molecule has 1 amide bonds. The SMILES string of the molecule is CC(C)c1cnc2nc(C(COC(C)(C)C(F)(F)F)NC(=O)c3cnon3)[nH]c2c1. The molecule has 2 N–H and O–H groups in total. The molecule has 3 heterocycles. The molecule has 30 heavy (non-hydrogen) atoms. The highest BCUT2D eigenvalue weighted by atomic mass is 19.4. The third kappa shape index (κ3) is 4.58. The molecule has 0 radical (unpaired) electrons. The zero-order valence-electron chi connectivity index (χ0n) is 16.7. The van der Waals surface area contributed by atoms with Gasteiger partial charge in [-0.1, -0.05) is 19.0 Å². The summed E-state index contributed by atoms with van der Waals surface area (Å²) in [5.41, 5.74) is -0.645. The molecular formula is C18H21F3N6O3. The Balaban J connectivity index is 1.90. The Bertz CT molecular complexity index is 1010. The lowest BCUT2D eigenvalue weighted by Crippen LogP contribution is -2.44. The molecule has 0 spiro atoms. The second kappa shape index (κ2) is 8.01. The Labute approximate surface area is 169 Å². The van der Waals surface area contributed by atoms with Gasteiger partial charge in [-0.3, -0.25) is 4.79 Å². The van der Waals surface area contributed by atoms with E-state index in [0.29, 0.717) is 11.2 Å². The molecule has 0 saturated heterocycles. The van der Waals surface area contributed by atoms with Crippen LogP contribution in [0, 0.1) is 0 Å². The maximum absolute atomic E-state index is 13.2. The second-order valence-corrected chi connectivity index (χ2v) is 7.55. The van der Waals surface area contributed by atoms with Gasteiger partial charge in [0.25, 0.3) is 5.91 Å². The highest BCUT2D eigenvalue weighted by Crippen LogP contribution is 2.33. The summed E-state index contributed by atoms with van der Waals surface area (Å²) < 4.78 is 49.0. The number of nitrogens with zero attached hydrogens (tertiary/aromatic N) is 4. The summed E-state index contributed by atoms with van der Waals surface area (Å²) in [5.74, 6) is -0.285. The number of aromatic nitrogens is 5. The Kier molecular flexibility index (Phi) is 5.79. The van der Waals surface area contributed by atoms with E-state index in [0.717, 1.165) is 25.6 Å². The Morgan fingerprint density at radius 3 is 2.63 bits per heavy atom. The van der Waals surface area contributed by atoms with Crippen LogP contribution in [-0.4, -0.2) is 49.6 Å². The lowest BCUT2D eigenvalue weighted by Gasteiger charge is -2.29. The van der Waals surface area contributed by atoms with Gasteiger partial charge in [0.2, 0.25) is 0 Å². The number of pyridine rings is 1. The zero-order chi connectivity index (χ0) is 22.1. The number of halogens is 3. The van der Waals surface area contributed by atoms with E-state index in [9.17, 15) is 18.0 Å². The van der Waals surface area contributed by atoms with Gasteiger partial charge in [0.1, 0.15) is 18.1 Å². The van der Waals surface area contributed by atoms with E-state index in [1.165, 1.54) is 0 Å². The fourth-order valence-electron chi connectivity index (χ4n) is 2.47. The van der Waals surface area contributed by atoms with Crippen molar-refractivity contribution >= 4 is 17.1 Å². The third-order valence-electron chi connectivity index (χ3n) is 4.57. The standard InChI is InChI=1S/C18H21F3N6O3/c1-9(2)10-5-11-14(22-6-10)26-15(24-11)13(8-29-17(3,4)18(19,20)21)25-16(28)12-7-23-30-27-12/h5-7,9,13H,8H2,1-4H3,(H,25,28)(H,22,24,26). The van der Waals surface area contributed by atoms with Crippen molar-refractivity contribution in [3.8, 4) is 0 Å². The van der Waals surface area contributed by atoms with Crippen LogP contribution in [0.15, 0.2) is 23.1 Å². The third-order valence-corrected chi connectivity index (χ3v) is 4.57. The predicted octanol–water partition coefficient (Wildman–Crippen LogP) is 3.29. The number of hydrogen-bond acceptors (Lipinski definition) is 7. The first-order valence-corrected chi connectivity index (χ1v) is 9.12. The maximum Gasteiger partial charge on any atom is 0.416 e. The minimum Gasteiger partial charge on any atom is -0.364 e. The van der Waals surface area contributed by atoms with Crippen molar-refractivity contribution in [2.24, 2.45) is 0 Å².